The zero-order valence-electron chi connectivity index (χ0n) is 10.0. The lowest BCUT2D eigenvalue weighted by molar-refractivity contribution is -0.151. The maximum atomic E-state index is 12.1. The Morgan fingerprint density at radius 3 is 2.89 bits per heavy atom. The van der Waals surface area contributed by atoms with Gasteiger partial charge in [0.1, 0.15) is 15.8 Å². The summed E-state index contributed by atoms with van der Waals surface area (Å²) in [6.07, 6.45) is 4.58. The summed E-state index contributed by atoms with van der Waals surface area (Å²) in [6.45, 7) is 0. The molecule has 1 saturated carbocycles. The number of imidazole rings is 1. The van der Waals surface area contributed by atoms with E-state index in [1.54, 1.807) is 0 Å². The summed E-state index contributed by atoms with van der Waals surface area (Å²) < 4.78 is 7.71. The Balaban J connectivity index is 2.22. The van der Waals surface area contributed by atoms with Crippen molar-refractivity contribution in [1.29, 1.82) is 0 Å². The van der Waals surface area contributed by atoms with Crippen molar-refractivity contribution in [3.8, 4) is 0 Å². The second kappa shape index (κ2) is 4.09. The molecule has 0 bridgehead atoms. The van der Waals surface area contributed by atoms with Crippen molar-refractivity contribution in [3.05, 3.63) is 34.8 Å². The van der Waals surface area contributed by atoms with Gasteiger partial charge in [0.25, 0.3) is 0 Å². The second-order valence-electron chi connectivity index (χ2n) is 4.61. The molecule has 0 amide bonds. The van der Waals surface area contributed by atoms with Gasteiger partial charge < -0.3 is 9.14 Å². The van der Waals surface area contributed by atoms with E-state index < -0.39 is 5.41 Å². The monoisotopic (exact) mass is 308 g/mol. The number of ether oxygens (including phenoxy) is 1. The van der Waals surface area contributed by atoms with Crippen LogP contribution in [0.25, 0.3) is 5.52 Å². The molecule has 5 heteroatoms. The molecule has 4 nitrogen and oxygen atoms in total. The van der Waals surface area contributed by atoms with E-state index in [0.717, 1.165) is 35.2 Å². The van der Waals surface area contributed by atoms with Crippen LogP contribution in [0.15, 0.2) is 29.0 Å². The highest BCUT2D eigenvalue weighted by Gasteiger charge is 2.50. The number of pyridine rings is 1. The van der Waals surface area contributed by atoms with E-state index in [1.165, 1.54) is 7.11 Å². The van der Waals surface area contributed by atoms with Crippen molar-refractivity contribution in [1.82, 2.24) is 9.38 Å². The molecule has 3 rings (SSSR count). The zero-order valence-corrected chi connectivity index (χ0v) is 11.6. The molecule has 1 fully saturated rings. The average Bonchev–Trinajstić information content (AvgIpc) is 2.67. The van der Waals surface area contributed by atoms with Crippen LogP contribution >= 0.6 is 15.9 Å². The van der Waals surface area contributed by atoms with Crippen LogP contribution in [0.1, 0.15) is 25.1 Å². The van der Waals surface area contributed by atoms with Crippen LogP contribution in [0.5, 0.6) is 0 Å². The molecule has 0 N–H and O–H groups in total. The van der Waals surface area contributed by atoms with Gasteiger partial charge in [-0.05, 0) is 40.9 Å². The lowest BCUT2D eigenvalue weighted by Crippen LogP contribution is -2.44. The Morgan fingerprint density at radius 1 is 1.50 bits per heavy atom. The zero-order chi connectivity index (χ0) is 12.8. The van der Waals surface area contributed by atoms with Gasteiger partial charge in [-0.25, -0.2) is 4.98 Å². The number of halogens is 1. The summed E-state index contributed by atoms with van der Waals surface area (Å²) in [6, 6.07) is 5.87. The molecular formula is C13H13BrN2O2. The van der Waals surface area contributed by atoms with Gasteiger partial charge in [0, 0.05) is 6.20 Å². The third kappa shape index (κ3) is 1.43. The predicted octanol–water partition coefficient (Wildman–Crippen LogP) is 2.69. The van der Waals surface area contributed by atoms with Crippen molar-refractivity contribution in [2.75, 3.05) is 7.11 Å². The molecule has 0 saturated heterocycles. The van der Waals surface area contributed by atoms with Gasteiger partial charge in [-0.2, -0.15) is 0 Å². The first-order chi connectivity index (χ1) is 8.69. The minimum atomic E-state index is -0.564. The first-order valence-corrected chi connectivity index (χ1v) is 6.70. The summed E-state index contributed by atoms with van der Waals surface area (Å²) in [7, 11) is 1.44. The van der Waals surface area contributed by atoms with E-state index in [-0.39, 0.29) is 5.97 Å². The van der Waals surface area contributed by atoms with E-state index in [4.69, 9.17) is 4.74 Å². The molecule has 2 aromatic rings. The molecule has 0 aromatic carbocycles. The third-order valence-corrected chi connectivity index (χ3v) is 4.30. The number of rotatable bonds is 2. The molecule has 0 unspecified atom stereocenters. The van der Waals surface area contributed by atoms with Gasteiger partial charge in [-0.15, -0.1) is 0 Å². The number of methoxy groups -OCH3 is 1. The topological polar surface area (TPSA) is 43.6 Å². The molecule has 0 spiro atoms. The maximum Gasteiger partial charge on any atom is 0.319 e. The van der Waals surface area contributed by atoms with Gasteiger partial charge in [0.15, 0.2) is 0 Å². The number of hydrogen-bond acceptors (Lipinski definition) is 3. The number of esters is 1. The van der Waals surface area contributed by atoms with Crippen LogP contribution in [-0.2, 0) is 14.9 Å². The van der Waals surface area contributed by atoms with Crippen LogP contribution in [0.2, 0.25) is 0 Å². The summed E-state index contributed by atoms with van der Waals surface area (Å²) in [5.41, 5.74) is 0.410. The SMILES string of the molecule is COC(=O)C1(c2nc(Br)c3ccccn23)CCC1. The molecule has 0 atom stereocenters. The number of carbonyl (C=O) groups excluding carboxylic acids is 1. The summed E-state index contributed by atoms with van der Waals surface area (Å²) >= 11 is 3.45. The van der Waals surface area contributed by atoms with E-state index in [2.05, 4.69) is 20.9 Å². The molecule has 0 radical (unpaired) electrons. The molecule has 1 aliphatic carbocycles. The quantitative estimate of drug-likeness (QED) is 0.801. The van der Waals surface area contributed by atoms with Gasteiger partial charge in [-0.1, -0.05) is 12.5 Å². The van der Waals surface area contributed by atoms with Crippen molar-refractivity contribution < 1.29 is 9.53 Å². The number of carbonyl (C=O) groups is 1. The fraction of sp³-hybridized carbons (Fsp3) is 0.385. The van der Waals surface area contributed by atoms with E-state index in [0.29, 0.717) is 0 Å². The molecule has 1 aliphatic rings. The minimum absolute atomic E-state index is 0.183. The number of fused-ring (bicyclic) bond motifs is 1. The minimum Gasteiger partial charge on any atom is -0.468 e. The van der Waals surface area contributed by atoms with Crippen LogP contribution in [0.3, 0.4) is 0 Å². The first-order valence-electron chi connectivity index (χ1n) is 5.90. The fourth-order valence-corrected chi connectivity index (χ4v) is 3.07. The van der Waals surface area contributed by atoms with Crippen molar-refractivity contribution >= 4 is 27.4 Å². The molecular weight excluding hydrogens is 296 g/mol. The Hall–Kier alpha value is -1.36. The highest BCUT2D eigenvalue weighted by Crippen LogP contribution is 2.45. The molecule has 18 heavy (non-hydrogen) atoms. The van der Waals surface area contributed by atoms with Gasteiger partial charge in [0.05, 0.1) is 12.6 Å². The lowest BCUT2D eigenvalue weighted by atomic mass is 9.68. The normalized spacial score (nSPS) is 17.4. The van der Waals surface area contributed by atoms with E-state index >= 15 is 0 Å². The number of aromatic nitrogens is 2. The van der Waals surface area contributed by atoms with E-state index in [9.17, 15) is 4.79 Å². The molecule has 94 valence electrons. The summed E-state index contributed by atoms with van der Waals surface area (Å²) in [5, 5.41) is 0. The predicted molar refractivity (Wildman–Crippen MR) is 70.4 cm³/mol. The van der Waals surface area contributed by atoms with Gasteiger partial charge >= 0.3 is 5.97 Å². The maximum absolute atomic E-state index is 12.1. The standard InChI is InChI=1S/C13H13BrN2O2/c1-18-12(17)13(6-4-7-13)11-15-10(14)9-5-2-3-8-16(9)11/h2-3,5,8H,4,6-7H2,1H3. The van der Waals surface area contributed by atoms with Crippen molar-refractivity contribution in [2.24, 2.45) is 0 Å². The van der Waals surface area contributed by atoms with Crippen LogP contribution in [-0.4, -0.2) is 22.5 Å². The molecule has 0 aliphatic heterocycles. The summed E-state index contributed by atoms with van der Waals surface area (Å²) in [4.78, 5) is 16.6. The van der Waals surface area contributed by atoms with Gasteiger partial charge in [0.2, 0.25) is 0 Å². The average molecular weight is 309 g/mol. The highest BCUT2D eigenvalue weighted by atomic mass is 79.9. The van der Waals surface area contributed by atoms with E-state index in [1.807, 2.05) is 28.8 Å². The van der Waals surface area contributed by atoms with Crippen LogP contribution in [0, 0.1) is 0 Å². The Kier molecular flexibility index (Phi) is 2.66. The Bertz CT molecular complexity index is 616. The lowest BCUT2D eigenvalue weighted by Gasteiger charge is -2.37. The van der Waals surface area contributed by atoms with Crippen LogP contribution in [0.4, 0.5) is 0 Å². The van der Waals surface area contributed by atoms with Crippen molar-refractivity contribution in [3.63, 3.8) is 0 Å². The highest BCUT2D eigenvalue weighted by molar-refractivity contribution is 9.10. The third-order valence-electron chi connectivity index (χ3n) is 3.71. The van der Waals surface area contributed by atoms with Crippen LogP contribution < -0.4 is 0 Å². The second-order valence-corrected chi connectivity index (χ2v) is 5.36. The van der Waals surface area contributed by atoms with Crippen molar-refractivity contribution in [2.45, 2.75) is 24.7 Å². The fourth-order valence-electron chi connectivity index (χ4n) is 2.58. The Labute approximate surface area is 113 Å². The number of hydrogen-bond donors (Lipinski definition) is 0. The first kappa shape index (κ1) is 11.7. The largest absolute Gasteiger partial charge is 0.468 e. The summed E-state index contributed by atoms with van der Waals surface area (Å²) in [5.74, 6) is 0.597. The number of nitrogens with zero attached hydrogens (tertiary/aromatic N) is 2. The van der Waals surface area contributed by atoms with Gasteiger partial charge in [-0.3, -0.25) is 4.79 Å². The Morgan fingerprint density at radius 2 is 2.28 bits per heavy atom. The molecule has 2 heterocycles. The smallest absolute Gasteiger partial charge is 0.319 e. The molecule has 2 aromatic heterocycles.